The normalized spacial score (nSPS) is 10.1. The highest BCUT2D eigenvalue weighted by Crippen LogP contribution is 2.27. The topological polar surface area (TPSA) is 66.8 Å². The molecule has 0 heterocycles. The van der Waals surface area contributed by atoms with Gasteiger partial charge in [-0.25, -0.2) is 4.79 Å². The Morgan fingerprint density at radius 1 is 1.06 bits per heavy atom. The highest BCUT2D eigenvalue weighted by Gasteiger charge is 2.13. The summed E-state index contributed by atoms with van der Waals surface area (Å²) in [6.07, 6.45) is 0. The van der Waals surface area contributed by atoms with Gasteiger partial charge in [0.2, 0.25) is 0 Å². The van der Waals surface area contributed by atoms with E-state index in [2.05, 4.69) is 0 Å². The number of aliphatic hydroxyl groups is 1. The second-order valence-corrected chi connectivity index (χ2v) is 3.67. The molecular formula is C14H12O4. The molecule has 0 amide bonds. The number of esters is 1. The quantitative estimate of drug-likeness (QED) is 0.641. The van der Waals surface area contributed by atoms with E-state index in [1.807, 2.05) is 0 Å². The van der Waals surface area contributed by atoms with Gasteiger partial charge in [-0.1, -0.05) is 24.3 Å². The number of benzene rings is 2. The van der Waals surface area contributed by atoms with Gasteiger partial charge in [0.1, 0.15) is 11.5 Å². The molecule has 0 aromatic heterocycles. The molecule has 4 nitrogen and oxygen atoms in total. The van der Waals surface area contributed by atoms with Crippen molar-refractivity contribution in [3.63, 3.8) is 0 Å². The fraction of sp³-hybridized carbons (Fsp3) is 0.0714. The van der Waals surface area contributed by atoms with Crippen LogP contribution >= 0.6 is 0 Å². The van der Waals surface area contributed by atoms with E-state index in [1.54, 1.807) is 36.4 Å². The Hall–Kier alpha value is -2.33. The number of phenols is 1. The maximum atomic E-state index is 11.8. The van der Waals surface area contributed by atoms with Gasteiger partial charge in [0.05, 0.1) is 17.7 Å². The maximum Gasteiger partial charge on any atom is 0.343 e. The van der Waals surface area contributed by atoms with Crippen LogP contribution in [0.3, 0.4) is 0 Å². The van der Waals surface area contributed by atoms with Gasteiger partial charge in [-0.15, -0.1) is 0 Å². The number of aromatic hydroxyl groups is 1. The second kappa shape index (κ2) is 5.33. The Bertz CT molecular complexity index is 549. The van der Waals surface area contributed by atoms with Crippen LogP contribution in [0.25, 0.3) is 0 Å². The molecule has 2 rings (SSSR count). The second-order valence-electron chi connectivity index (χ2n) is 3.67. The van der Waals surface area contributed by atoms with Gasteiger partial charge in [-0.2, -0.15) is 0 Å². The first-order valence-corrected chi connectivity index (χ1v) is 5.41. The van der Waals surface area contributed by atoms with Crippen LogP contribution in [0.5, 0.6) is 11.5 Å². The zero-order valence-corrected chi connectivity index (χ0v) is 9.54. The zero-order chi connectivity index (χ0) is 13.0. The van der Waals surface area contributed by atoms with E-state index in [9.17, 15) is 9.90 Å². The van der Waals surface area contributed by atoms with E-state index in [4.69, 9.17) is 9.84 Å². The molecule has 4 heteroatoms. The van der Waals surface area contributed by atoms with Crippen molar-refractivity contribution < 1.29 is 19.7 Å². The minimum Gasteiger partial charge on any atom is -0.507 e. The van der Waals surface area contributed by atoms with Crippen molar-refractivity contribution in [1.82, 2.24) is 0 Å². The number of hydrogen-bond donors (Lipinski definition) is 2. The fourth-order valence-corrected chi connectivity index (χ4v) is 1.54. The van der Waals surface area contributed by atoms with Gasteiger partial charge in [0.25, 0.3) is 0 Å². The minimum atomic E-state index is -0.532. The lowest BCUT2D eigenvalue weighted by Gasteiger charge is -2.09. The standard InChI is InChI=1S/C14H12O4/c15-9-11-12(16)7-4-8-13(11)18-14(17)10-5-2-1-3-6-10/h1-8,15-16H,9H2. The molecule has 0 radical (unpaired) electrons. The van der Waals surface area contributed by atoms with E-state index in [0.29, 0.717) is 5.56 Å². The van der Waals surface area contributed by atoms with E-state index >= 15 is 0 Å². The fourth-order valence-electron chi connectivity index (χ4n) is 1.54. The van der Waals surface area contributed by atoms with Crippen LogP contribution in [0.1, 0.15) is 15.9 Å². The molecule has 0 atom stereocenters. The van der Waals surface area contributed by atoms with E-state index < -0.39 is 12.6 Å². The SMILES string of the molecule is O=C(Oc1cccc(O)c1CO)c1ccccc1. The van der Waals surface area contributed by atoms with Gasteiger partial charge >= 0.3 is 5.97 Å². The van der Waals surface area contributed by atoms with Crippen molar-refractivity contribution in [3.05, 3.63) is 59.7 Å². The van der Waals surface area contributed by atoms with Crippen LogP contribution in [0.4, 0.5) is 0 Å². The summed E-state index contributed by atoms with van der Waals surface area (Å²) in [6.45, 7) is -0.399. The number of carbonyl (C=O) groups is 1. The molecule has 0 saturated carbocycles. The minimum absolute atomic E-state index is 0.101. The Kier molecular flexibility index (Phi) is 3.60. The van der Waals surface area contributed by atoms with Crippen LogP contribution in [0.2, 0.25) is 0 Å². The summed E-state index contributed by atoms with van der Waals surface area (Å²) in [5, 5.41) is 18.7. The molecule has 0 aliphatic heterocycles. The van der Waals surface area contributed by atoms with Crippen LogP contribution in [-0.2, 0) is 6.61 Å². The largest absolute Gasteiger partial charge is 0.507 e. The molecule has 0 spiro atoms. The number of rotatable bonds is 3. The maximum absolute atomic E-state index is 11.8. The molecule has 0 aliphatic carbocycles. The average Bonchev–Trinajstić information content (AvgIpc) is 2.40. The Balaban J connectivity index is 2.25. The first-order valence-electron chi connectivity index (χ1n) is 5.41. The lowest BCUT2D eigenvalue weighted by Crippen LogP contribution is -2.09. The first-order chi connectivity index (χ1) is 8.72. The predicted molar refractivity (Wildman–Crippen MR) is 65.4 cm³/mol. The number of hydrogen-bond acceptors (Lipinski definition) is 4. The summed E-state index contributed by atoms with van der Waals surface area (Å²) < 4.78 is 5.14. The van der Waals surface area contributed by atoms with Gasteiger partial charge in [-0.3, -0.25) is 0 Å². The van der Waals surface area contributed by atoms with Crippen molar-refractivity contribution in [1.29, 1.82) is 0 Å². The van der Waals surface area contributed by atoms with Crippen molar-refractivity contribution in [2.75, 3.05) is 0 Å². The van der Waals surface area contributed by atoms with Gasteiger partial charge < -0.3 is 14.9 Å². The molecular weight excluding hydrogens is 232 g/mol. The third-order valence-electron chi connectivity index (χ3n) is 2.48. The molecule has 92 valence electrons. The third kappa shape index (κ3) is 2.49. The van der Waals surface area contributed by atoms with E-state index in [-0.39, 0.29) is 17.1 Å². The molecule has 2 aromatic rings. The summed E-state index contributed by atoms with van der Waals surface area (Å²) in [4.78, 5) is 11.8. The highest BCUT2D eigenvalue weighted by atomic mass is 16.5. The molecule has 0 unspecified atom stereocenters. The predicted octanol–water partition coefficient (Wildman–Crippen LogP) is 2.10. The lowest BCUT2D eigenvalue weighted by atomic mass is 10.2. The van der Waals surface area contributed by atoms with Gasteiger partial charge in [0, 0.05) is 0 Å². The van der Waals surface area contributed by atoms with Gasteiger partial charge in [0.15, 0.2) is 0 Å². The number of aliphatic hydroxyl groups excluding tert-OH is 1. The van der Waals surface area contributed by atoms with Crippen LogP contribution < -0.4 is 4.74 Å². The van der Waals surface area contributed by atoms with Crippen molar-refractivity contribution in [2.45, 2.75) is 6.61 Å². The Morgan fingerprint density at radius 3 is 2.44 bits per heavy atom. The zero-order valence-electron chi connectivity index (χ0n) is 9.54. The highest BCUT2D eigenvalue weighted by molar-refractivity contribution is 5.91. The molecule has 2 aromatic carbocycles. The monoisotopic (exact) mass is 244 g/mol. The lowest BCUT2D eigenvalue weighted by molar-refractivity contribution is 0.0730. The molecule has 2 N–H and O–H groups in total. The van der Waals surface area contributed by atoms with Crippen LogP contribution in [0, 0.1) is 0 Å². The van der Waals surface area contributed by atoms with Crippen molar-refractivity contribution in [3.8, 4) is 11.5 Å². The molecule has 0 saturated heterocycles. The van der Waals surface area contributed by atoms with Crippen molar-refractivity contribution in [2.24, 2.45) is 0 Å². The Morgan fingerprint density at radius 2 is 1.78 bits per heavy atom. The summed E-state index contributed by atoms with van der Waals surface area (Å²) in [5.74, 6) is -0.474. The Labute approximate surface area is 104 Å². The van der Waals surface area contributed by atoms with E-state index in [1.165, 1.54) is 12.1 Å². The van der Waals surface area contributed by atoms with Crippen LogP contribution in [-0.4, -0.2) is 16.2 Å². The molecule has 0 aliphatic rings. The average molecular weight is 244 g/mol. The first kappa shape index (κ1) is 12.1. The summed E-state index contributed by atoms with van der Waals surface area (Å²) in [7, 11) is 0. The summed E-state index contributed by atoms with van der Waals surface area (Å²) in [5.41, 5.74) is 0.603. The summed E-state index contributed by atoms with van der Waals surface area (Å²) >= 11 is 0. The molecule has 0 fully saturated rings. The third-order valence-corrected chi connectivity index (χ3v) is 2.48. The van der Waals surface area contributed by atoms with Crippen molar-refractivity contribution >= 4 is 5.97 Å². The molecule has 18 heavy (non-hydrogen) atoms. The summed E-state index contributed by atoms with van der Waals surface area (Å²) in [6, 6.07) is 13.0. The van der Waals surface area contributed by atoms with Crippen LogP contribution in [0.15, 0.2) is 48.5 Å². The number of ether oxygens (including phenoxy) is 1. The smallest absolute Gasteiger partial charge is 0.343 e. The number of carbonyl (C=O) groups excluding carboxylic acids is 1. The van der Waals surface area contributed by atoms with E-state index in [0.717, 1.165) is 0 Å². The molecule has 0 bridgehead atoms. The van der Waals surface area contributed by atoms with Gasteiger partial charge in [-0.05, 0) is 24.3 Å².